The molecule has 0 nitrogen and oxygen atoms in total. The minimum atomic E-state index is 1.23. The summed E-state index contributed by atoms with van der Waals surface area (Å²) >= 11 is 1.89. The molecule has 0 aliphatic carbocycles. The summed E-state index contributed by atoms with van der Waals surface area (Å²) < 4.78 is 2.69. The standard InChI is InChI=1S/C40H26S/c1-3-12-27(13-4-1)29-24-30(28-14-5-2-6-15-28)26-31(25-29)32-22-23-35(34-17-8-7-16-33(32)34)37-19-11-20-38-36-18-9-10-21-39(36)41-40(37)38/h1-26H. The van der Waals surface area contributed by atoms with Gasteiger partial charge < -0.3 is 0 Å². The predicted molar refractivity (Wildman–Crippen MR) is 179 cm³/mol. The smallest absolute Gasteiger partial charge is 0.0434 e. The maximum atomic E-state index is 2.34. The molecule has 0 radical (unpaired) electrons. The monoisotopic (exact) mass is 538 g/mol. The Labute approximate surface area is 243 Å². The van der Waals surface area contributed by atoms with Crippen molar-refractivity contribution in [1.82, 2.24) is 0 Å². The Morgan fingerprint density at radius 2 is 0.805 bits per heavy atom. The lowest BCUT2D eigenvalue weighted by Gasteiger charge is -2.15. The first-order valence-corrected chi connectivity index (χ1v) is 14.8. The summed E-state index contributed by atoms with van der Waals surface area (Å²) in [7, 11) is 0. The lowest BCUT2D eigenvalue weighted by molar-refractivity contribution is 1.57. The van der Waals surface area contributed by atoms with Crippen LogP contribution >= 0.6 is 11.3 Å². The normalized spacial score (nSPS) is 11.4. The molecule has 1 aromatic heterocycles. The van der Waals surface area contributed by atoms with Crippen LogP contribution in [-0.4, -0.2) is 0 Å². The van der Waals surface area contributed by atoms with Crippen LogP contribution in [0, 0.1) is 0 Å². The van der Waals surface area contributed by atoms with Gasteiger partial charge in [0.1, 0.15) is 0 Å². The van der Waals surface area contributed by atoms with E-state index in [1.54, 1.807) is 0 Å². The summed E-state index contributed by atoms with van der Waals surface area (Å²) in [5, 5.41) is 5.22. The molecule has 0 aliphatic heterocycles. The summed E-state index contributed by atoms with van der Waals surface area (Å²) in [5.74, 6) is 0. The van der Waals surface area contributed by atoms with E-state index >= 15 is 0 Å². The topological polar surface area (TPSA) is 0 Å². The molecule has 0 saturated heterocycles. The molecule has 0 fully saturated rings. The fourth-order valence-electron chi connectivity index (χ4n) is 6.12. The molecule has 0 saturated carbocycles. The van der Waals surface area contributed by atoms with Crippen LogP contribution in [0.5, 0.6) is 0 Å². The van der Waals surface area contributed by atoms with Crippen molar-refractivity contribution in [3.05, 3.63) is 158 Å². The Morgan fingerprint density at radius 3 is 1.49 bits per heavy atom. The van der Waals surface area contributed by atoms with Crippen LogP contribution in [-0.2, 0) is 0 Å². The van der Waals surface area contributed by atoms with Crippen molar-refractivity contribution in [3.8, 4) is 44.5 Å². The van der Waals surface area contributed by atoms with Crippen molar-refractivity contribution >= 4 is 42.3 Å². The zero-order chi connectivity index (χ0) is 27.2. The fourth-order valence-corrected chi connectivity index (χ4v) is 7.35. The van der Waals surface area contributed by atoms with E-state index in [1.165, 1.54) is 75.5 Å². The first-order chi connectivity index (χ1) is 20.3. The zero-order valence-electron chi connectivity index (χ0n) is 22.4. The van der Waals surface area contributed by atoms with Crippen LogP contribution in [0.4, 0.5) is 0 Å². The van der Waals surface area contributed by atoms with Crippen LogP contribution in [0.1, 0.15) is 0 Å². The predicted octanol–water partition coefficient (Wildman–Crippen LogP) is 11.9. The van der Waals surface area contributed by atoms with Crippen molar-refractivity contribution in [3.63, 3.8) is 0 Å². The maximum Gasteiger partial charge on any atom is 0.0434 e. The van der Waals surface area contributed by atoms with Crippen LogP contribution in [0.2, 0.25) is 0 Å². The third kappa shape index (κ3) is 4.14. The molecule has 0 bridgehead atoms. The second-order valence-corrected chi connectivity index (χ2v) is 11.6. The molecular weight excluding hydrogens is 513 g/mol. The second-order valence-electron chi connectivity index (χ2n) is 10.5. The van der Waals surface area contributed by atoms with Gasteiger partial charge in [0.2, 0.25) is 0 Å². The number of fused-ring (bicyclic) bond motifs is 4. The van der Waals surface area contributed by atoms with Gasteiger partial charge in [-0.15, -0.1) is 11.3 Å². The molecule has 1 heterocycles. The minimum Gasteiger partial charge on any atom is -0.135 e. The van der Waals surface area contributed by atoms with Gasteiger partial charge in [-0.2, -0.15) is 0 Å². The van der Waals surface area contributed by atoms with E-state index in [1.807, 2.05) is 11.3 Å². The third-order valence-corrected chi connectivity index (χ3v) is 9.30. The summed E-state index contributed by atoms with van der Waals surface area (Å²) in [6, 6.07) is 57.4. The highest BCUT2D eigenvalue weighted by atomic mass is 32.1. The van der Waals surface area contributed by atoms with Gasteiger partial charge in [-0.1, -0.05) is 133 Å². The Kier molecular flexibility index (Phi) is 5.76. The highest BCUT2D eigenvalue weighted by molar-refractivity contribution is 7.26. The quantitative estimate of drug-likeness (QED) is 0.209. The van der Waals surface area contributed by atoms with Crippen molar-refractivity contribution in [1.29, 1.82) is 0 Å². The van der Waals surface area contributed by atoms with Gasteiger partial charge in [0, 0.05) is 25.7 Å². The van der Waals surface area contributed by atoms with Gasteiger partial charge in [-0.3, -0.25) is 0 Å². The average Bonchev–Trinajstić information content (AvgIpc) is 3.44. The Balaban J connectivity index is 1.36. The molecule has 7 aromatic carbocycles. The van der Waals surface area contributed by atoms with Crippen molar-refractivity contribution < 1.29 is 0 Å². The summed E-state index contributed by atoms with van der Waals surface area (Å²) in [6.07, 6.45) is 0. The van der Waals surface area contributed by atoms with E-state index in [9.17, 15) is 0 Å². The first-order valence-electron chi connectivity index (χ1n) is 14.0. The van der Waals surface area contributed by atoms with Gasteiger partial charge >= 0.3 is 0 Å². The van der Waals surface area contributed by atoms with E-state index in [-0.39, 0.29) is 0 Å². The number of hydrogen-bond acceptors (Lipinski definition) is 1. The van der Waals surface area contributed by atoms with Gasteiger partial charge in [-0.05, 0) is 74.0 Å². The van der Waals surface area contributed by atoms with E-state index < -0.39 is 0 Å². The maximum absolute atomic E-state index is 2.34. The van der Waals surface area contributed by atoms with E-state index in [0.717, 1.165) is 0 Å². The molecule has 0 unspecified atom stereocenters. The third-order valence-electron chi connectivity index (χ3n) is 8.08. The molecule has 0 aliphatic rings. The largest absolute Gasteiger partial charge is 0.135 e. The molecule has 8 aromatic rings. The molecule has 192 valence electrons. The fraction of sp³-hybridized carbons (Fsp3) is 0. The molecule has 8 rings (SSSR count). The molecule has 0 N–H and O–H groups in total. The lowest BCUT2D eigenvalue weighted by Crippen LogP contribution is -1.89. The Hall–Kier alpha value is -4.98. The highest BCUT2D eigenvalue weighted by Gasteiger charge is 2.15. The number of hydrogen-bond donors (Lipinski definition) is 0. The molecular formula is C40H26S. The summed E-state index contributed by atoms with van der Waals surface area (Å²) in [5.41, 5.74) is 9.97. The van der Waals surface area contributed by atoms with Crippen LogP contribution in [0.3, 0.4) is 0 Å². The zero-order valence-corrected chi connectivity index (χ0v) is 23.2. The molecule has 1 heteroatoms. The van der Waals surface area contributed by atoms with Crippen molar-refractivity contribution in [2.45, 2.75) is 0 Å². The second kappa shape index (κ2) is 9.89. The van der Waals surface area contributed by atoms with Gasteiger partial charge in [0.05, 0.1) is 0 Å². The highest BCUT2D eigenvalue weighted by Crippen LogP contribution is 2.44. The summed E-state index contributed by atoms with van der Waals surface area (Å²) in [6.45, 7) is 0. The molecule has 0 atom stereocenters. The van der Waals surface area contributed by atoms with Crippen LogP contribution < -0.4 is 0 Å². The van der Waals surface area contributed by atoms with Crippen LogP contribution in [0.15, 0.2) is 158 Å². The van der Waals surface area contributed by atoms with Gasteiger partial charge in [0.15, 0.2) is 0 Å². The van der Waals surface area contributed by atoms with Gasteiger partial charge in [0.25, 0.3) is 0 Å². The Bertz CT molecular complexity index is 2130. The Morgan fingerprint density at radius 1 is 0.293 bits per heavy atom. The first kappa shape index (κ1) is 23.9. The van der Waals surface area contributed by atoms with E-state index in [4.69, 9.17) is 0 Å². The van der Waals surface area contributed by atoms with E-state index in [2.05, 4.69) is 158 Å². The summed E-state index contributed by atoms with van der Waals surface area (Å²) in [4.78, 5) is 0. The lowest BCUT2D eigenvalue weighted by atomic mass is 9.89. The van der Waals surface area contributed by atoms with Crippen molar-refractivity contribution in [2.75, 3.05) is 0 Å². The van der Waals surface area contributed by atoms with E-state index in [0.29, 0.717) is 0 Å². The minimum absolute atomic E-state index is 1.23. The molecule has 41 heavy (non-hydrogen) atoms. The van der Waals surface area contributed by atoms with Crippen molar-refractivity contribution in [2.24, 2.45) is 0 Å². The molecule has 0 amide bonds. The van der Waals surface area contributed by atoms with Gasteiger partial charge in [-0.25, -0.2) is 0 Å². The number of thiophene rings is 1. The average molecular weight is 539 g/mol. The SMILES string of the molecule is c1ccc(-c2cc(-c3ccccc3)cc(-c3ccc(-c4cccc5c4sc4ccccc45)c4ccccc34)c2)cc1. The number of benzene rings is 7. The van der Waals surface area contributed by atoms with Crippen LogP contribution in [0.25, 0.3) is 75.5 Å². The number of rotatable bonds is 4. The molecule has 0 spiro atoms.